The summed E-state index contributed by atoms with van der Waals surface area (Å²) in [5.74, 6) is -2.52. The molecule has 0 aromatic heterocycles. The molecule has 1 saturated carbocycles. The van der Waals surface area contributed by atoms with Crippen molar-refractivity contribution in [3.05, 3.63) is 64.9 Å². The third-order valence-corrected chi connectivity index (χ3v) is 6.11. The summed E-state index contributed by atoms with van der Waals surface area (Å²) in [4.78, 5) is 31.1. The number of allylic oxidation sites excluding steroid dienone is 1. The molecule has 0 saturated heterocycles. The highest BCUT2D eigenvalue weighted by molar-refractivity contribution is 6.14. The highest BCUT2D eigenvalue weighted by Gasteiger charge is 2.44. The number of rotatable bonds is 5. The number of methoxy groups -OCH3 is 2. The number of anilines is 1. The fourth-order valence-electron chi connectivity index (χ4n) is 4.61. The Hall–Kier alpha value is -3.55. The van der Waals surface area contributed by atoms with Crippen molar-refractivity contribution in [2.75, 3.05) is 19.5 Å². The van der Waals surface area contributed by atoms with Crippen LogP contribution in [0.4, 0.5) is 14.5 Å². The van der Waals surface area contributed by atoms with E-state index in [1.807, 2.05) is 0 Å². The largest absolute Gasteiger partial charge is 0.497 e. The van der Waals surface area contributed by atoms with Crippen molar-refractivity contribution in [3.8, 4) is 11.5 Å². The van der Waals surface area contributed by atoms with Gasteiger partial charge in [0, 0.05) is 47.0 Å². The van der Waals surface area contributed by atoms with Gasteiger partial charge in [0.25, 0.3) is 5.91 Å². The minimum Gasteiger partial charge on any atom is -0.497 e. The third-order valence-electron chi connectivity index (χ3n) is 6.11. The molecule has 8 heteroatoms. The molecule has 1 aliphatic heterocycles. The van der Waals surface area contributed by atoms with Crippen LogP contribution >= 0.6 is 0 Å². The first-order valence-electron chi connectivity index (χ1n) is 10.6. The monoisotopic (exact) mass is 454 g/mol. The van der Waals surface area contributed by atoms with Crippen molar-refractivity contribution >= 4 is 23.1 Å². The van der Waals surface area contributed by atoms with Crippen molar-refractivity contribution in [1.29, 1.82) is 0 Å². The van der Waals surface area contributed by atoms with E-state index in [-0.39, 0.29) is 17.0 Å². The lowest BCUT2D eigenvalue weighted by atomic mass is 9.69. The number of amides is 1. The lowest BCUT2D eigenvalue weighted by Gasteiger charge is -2.36. The summed E-state index contributed by atoms with van der Waals surface area (Å²) < 4.78 is 38.4. The van der Waals surface area contributed by atoms with Gasteiger partial charge in [-0.25, -0.2) is 8.78 Å². The lowest BCUT2D eigenvalue weighted by molar-refractivity contribution is -0.122. The van der Waals surface area contributed by atoms with Crippen LogP contribution < -0.4 is 14.8 Å². The molecule has 2 atom stereocenters. The SMILES string of the molecule is COc1ccc([C@H]2C(C(=O)Nc3ccc(F)cc3F)=C(C)N=C3CCCC(=O)[C@H]32)c(OC)c1. The normalized spacial score (nSPS) is 20.2. The predicted molar refractivity (Wildman–Crippen MR) is 120 cm³/mol. The van der Waals surface area contributed by atoms with E-state index >= 15 is 0 Å². The number of hydrogen-bond acceptors (Lipinski definition) is 5. The number of benzene rings is 2. The Morgan fingerprint density at radius 2 is 1.85 bits per heavy atom. The number of carbonyl (C=O) groups is 2. The minimum atomic E-state index is -0.895. The molecule has 172 valence electrons. The average molecular weight is 454 g/mol. The summed E-state index contributed by atoms with van der Waals surface area (Å²) in [6.07, 6.45) is 1.75. The Kier molecular flexibility index (Phi) is 6.26. The van der Waals surface area contributed by atoms with E-state index < -0.39 is 29.4 Å². The fourth-order valence-corrected chi connectivity index (χ4v) is 4.61. The summed E-state index contributed by atoms with van der Waals surface area (Å²) in [5.41, 5.74) is 1.89. The maximum absolute atomic E-state index is 14.2. The van der Waals surface area contributed by atoms with E-state index in [0.29, 0.717) is 48.1 Å². The zero-order chi connectivity index (χ0) is 23.7. The summed E-state index contributed by atoms with van der Waals surface area (Å²) >= 11 is 0. The van der Waals surface area contributed by atoms with Crippen molar-refractivity contribution in [2.45, 2.75) is 32.1 Å². The lowest BCUT2D eigenvalue weighted by Crippen LogP contribution is -2.39. The standard InChI is InChI=1S/C25H24F2N2O4/c1-13-22(25(31)29-18-10-7-14(26)11-17(18)27)23(24-19(28-13)5-4-6-20(24)30)16-9-8-15(32-2)12-21(16)33-3/h7-12,23-24H,4-6H2,1-3H3,(H,29,31)/t23-,24-/m0/s1. The summed E-state index contributed by atoms with van der Waals surface area (Å²) in [7, 11) is 3.04. The van der Waals surface area contributed by atoms with E-state index in [4.69, 9.17) is 9.47 Å². The number of halogens is 2. The first-order chi connectivity index (χ1) is 15.8. The quantitative estimate of drug-likeness (QED) is 0.704. The summed E-state index contributed by atoms with van der Waals surface area (Å²) in [5, 5.41) is 2.52. The van der Waals surface area contributed by atoms with Gasteiger partial charge in [0.15, 0.2) is 0 Å². The van der Waals surface area contributed by atoms with E-state index in [0.717, 1.165) is 17.8 Å². The predicted octanol–water partition coefficient (Wildman–Crippen LogP) is 4.80. The van der Waals surface area contributed by atoms with Crippen molar-refractivity contribution in [1.82, 2.24) is 0 Å². The highest BCUT2D eigenvalue weighted by atomic mass is 19.1. The molecular formula is C25H24F2N2O4. The Morgan fingerprint density at radius 3 is 2.55 bits per heavy atom. The van der Waals surface area contributed by atoms with E-state index in [2.05, 4.69) is 10.3 Å². The molecular weight excluding hydrogens is 430 g/mol. The Bertz CT molecular complexity index is 1190. The average Bonchev–Trinajstić information content (AvgIpc) is 2.79. The topological polar surface area (TPSA) is 77.0 Å². The van der Waals surface area contributed by atoms with Crippen LogP contribution in [0.2, 0.25) is 0 Å². The zero-order valence-electron chi connectivity index (χ0n) is 18.6. The van der Waals surface area contributed by atoms with Gasteiger partial charge in [-0.05, 0) is 38.0 Å². The van der Waals surface area contributed by atoms with Crippen LogP contribution in [-0.2, 0) is 9.59 Å². The molecule has 33 heavy (non-hydrogen) atoms. The van der Waals surface area contributed by atoms with Gasteiger partial charge in [0.05, 0.1) is 25.8 Å². The number of fused-ring (bicyclic) bond motifs is 1. The van der Waals surface area contributed by atoms with Gasteiger partial charge < -0.3 is 14.8 Å². The van der Waals surface area contributed by atoms with Gasteiger partial charge in [-0.1, -0.05) is 6.07 Å². The van der Waals surface area contributed by atoms with Crippen LogP contribution in [0.25, 0.3) is 0 Å². The molecule has 0 radical (unpaired) electrons. The number of hydrogen-bond donors (Lipinski definition) is 1. The van der Waals surface area contributed by atoms with Crippen LogP contribution in [0, 0.1) is 17.6 Å². The molecule has 0 bridgehead atoms. The summed E-state index contributed by atoms with van der Waals surface area (Å²) in [6.45, 7) is 1.70. The van der Waals surface area contributed by atoms with E-state index in [1.54, 1.807) is 25.1 Å². The highest BCUT2D eigenvalue weighted by Crippen LogP contribution is 2.46. The molecule has 4 rings (SSSR count). The van der Waals surface area contributed by atoms with Crippen LogP contribution in [0.15, 0.2) is 52.7 Å². The fraction of sp³-hybridized carbons (Fsp3) is 0.320. The summed E-state index contributed by atoms with van der Waals surface area (Å²) in [6, 6.07) is 8.12. The first-order valence-corrected chi connectivity index (χ1v) is 10.6. The number of ketones is 1. The second kappa shape index (κ2) is 9.13. The first kappa shape index (κ1) is 22.6. The minimum absolute atomic E-state index is 0.00589. The molecule has 0 unspecified atom stereocenters. The number of nitrogens with one attached hydrogen (secondary N) is 1. The number of Topliss-reactive ketones (excluding diaryl/α,β-unsaturated/α-hetero) is 1. The Labute approximate surface area is 190 Å². The van der Waals surface area contributed by atoms with Crippen molar-refractivity contribution < 1.29 is 27.8 Å². The van der Waals surface area contributed by atoms with Gasteiger partial charge >= 0.3 is 0 Å². The van der Waals surface area contributed by atoms with Gasteiger partial charge in [-0.3, -0.25) is 14.6 Å². The van der Waals surface area contributed by atoms with Crippen LogP contribution in [0.5, 0.6) is 11.5 Å². The van der Waals surface area contributed by atoms with Crippen LogP contribution in [0.1, 0.15) is 37.7 Å². The third kappa shape index (κ3) is 4.25. The van der Waals surface area contributed by atoms with Crippen LogP contribution in [-0.4, -0.2) is 31.6 Å². The van der Waals surface area contributed by atoms with Gasteiger partial charge in [0.2, 0.25) is 0 Å². The van der Waals surface area contributed by atoms with Gasteiger partial charge in [-0.2, -0.15) is 0 Å². The Morgan fingerprint density at radius 1 is 1.06 bits per heavy atom. The maximum atomic E-state index is 14.2. The molecule has 2 aromatic carbocycles. The maximum Gasteiger partial charge on any atom is 0.254 e. The van der Waals surface area contributed by atoms with E-state index in [1.165, 1.54) is 14.2 Å². The smallest absolute Gasteiger partial charge is 0.254 e. The van der Waals surface area contributed by atoms with Crippen LogP contribution in [0.3, 0.4) is 0 Å². The molecule has 0 spiro atoms. The van der Waals surface area contributed by atoms with E-state index in [9.17, 15) is 18.4 Å². The second-order valence-corrected chi connectivity index (χ2v) is 8.06. The zero-order valence-corrected chi connectivity index (χ0v) is 18.6. The van der Waals surface area contributed by atoms with Gasteiger partial charge in [0.1, 0.15) is 28.9 Å². The molecule has 2 aliphatic rings. The number of ether oxygens (including phenoxy) is 2. The number of aliphatic imine (C=N–C) groups is 1. The molecule has 2 aromatic rings. The number of nitrogens with zero attached hydrogens (tertiary/aromatic N) is 1. The number of carbonyl (C=O) groups excluding carboxylic acids is 2. The molecule has 1 amide bonds. The molecule has 1 heterocycles. The molecule has 1 N–H and O–H groups in total. The van der Waals surface area contributed by atoms with Gasteiger partial charge in [-0.15, -0.1) is 0 Å². The molecule has 1 fully saturated rings. The second-order valence-electron chi connectivity index (χ2n) is 8.06. The Balaban J connectivity index is 1.84. The molecule has 6 nitrogen and oxygen atoms in total. The molecule has 1 aliphatic carbocycles. The van der Waals surface area contributed by atoms with Crippen molar-refractivity contribution in [2.24, 2.45) is 10.9 Å². The van der Waals surface area contributed by atoms with Crippen molar-refractivity contribution in [3.63, 3.8) is 0 Å².